The molecule has 1 heterocycles. The van der Waals surface area contributed by atoms with Gasteiger partial charge in [-0.2, -0.15) is 13.1 Å². The quantitative estimate of drug-likeness (QED) is 0.562. The van der Waals surface area contributed by atoms with Crippen molar-refractivity contribution >= 4 is 33.8 Å². The smallest absolute Gasteiger partial charge is 0.370 e. The van der Waals surface area contributed by atoms with Crippen molar-refractivity contribution in [3.63, 3.8) is 0 Å². The average molecular weight is 504 g/mol. The van der Waals surface area contributed by atoms with Gasteiger partial charge >= 0.3 is 17.9 Å². The van der Waals surface area contributed by atoms with E-state index in [0.29, 0.717) is 15.6 Å². The molecule has 0 saturated carbocycles. The third-order valence-corrected chi connectivity index (χ3v) is 8.54. The van der Waals surface area contributed by atoms with Crippen LogP contribution in [0.1, 0.15) is 38.8 Å². The molecule has 0 bridgehead atoms. The van der Waals surface area contributed by atoms with Crippen molar-refractivity contribution in [3.8, 4) is 5.75 Å². The Kier molecular flexibility index (Phi) is 6.30. The van der Waals surface area contributed by atoms with Gasteiger partial charge in [0.1, 0.15) is 5.75 Å². The lowest BCUT2D eigenvalue weighted by Crippen LogP contribution is -2.52. The first-order chi connectivity index (χ1) is 13.5. The Bertz CT molecular complexity index is 1030. The number of fused-ring (bicyclic) bond motifs is 1. The van der Waals surface area contributed by atoms with Gasteiger partial charge in [-0.25, -0.2) is 0 Å². The maximum absolute atomic E-state index is 14.4. The number of hydrogen-bond acceptors (Lipinski definition) is 6. The second-order valence-corrected chi connectivity index (χ2v) is 11.4. The van der Waals surface area contributed by atoms with Crippen molar-refractivity contribution < 1.29 is 26.2 Å². The summed E-state index contributed by atoms with van der Waals surface area (Å²) in [5.74, 6) is 0.0516. The molecule has 0 saturated heterocycles. The summed E-state index contributed by atoms with van der Waals surface area (Å²) >= 11 is 3.41. The van der Waals surface area contributed by atoms with Crippen LogP contribution in [0.15, 0.2) is 53.0 Å². The molecular formula is C19H23BrNO6PS. The van der Waals surface area contributed by atoms with E-state index in [-0.39, 0.29) is 5.75 Å². The minimum absolute atomic E-state index is 0.0516. The van der Waals surface area contributed by atoms with Gasteiger partial charge < -0.3 is 13.2 Å². The fourth-order valence-corrected chi connectivity index (χ4v) is 7.79. The van der Waals surface area contributed by atoms with Gasteiger partial charge in [-0.1, -0.05) is 46.3 Å². The van der Waals surface area contributed by atoms with Crippen molar-refractivity contribution in [2.24, 2.45) is 0 Å². The first-order valence-electron chi connectivity index (χ1n) is 9.05. The lowest BCUT2D eigenvalue weighted by Gasteiger charge is -2.43. The van der Waals surface area contributed by atoms with Gasteiger partial charge in [0.05, 0.1) is 12.2 Å². The van der Waals surface area contributed by atoms with Crippen LogP contribution in [-0.4, -0.2) is 20.6 Å². The van der Waals surface area contributed by atoms with Gasteiger partial charge in [0.25, 0.3) is 0 Å². The van der Waals surface area contributed by atoms with Crippen LogP contribution in [-0.2, 0) is 29.2 Å². The Morgan fingerprint density at radius 2 is 1.62 bits per heavy atom. The van der Waals surface area contributed by atoms with Gasteiger partial charge in [0, 0.05) is 10.0 Å². The average Bonchev–Trinajstić information content (AvgIpc) is 2.60. The highest BCUT2D eigenvalue weighted by Crippen LogP contribution is 2.69. The molecule has 1 aliphatic rings. The molecule has 0 unspecified atom stereocenters. The number of rotatable bonds is 6. The molecule has 1 atom stereocenters. The molecule has 0 aliphatic carbocycles. The third-order valence-electron chi connectivity index (χ3n) is 4.11. The van der Waals surface area contributed by atoms with E-state index < -0.39 is 35.4 Å². The number of halogens is 1. The number of benzene rings is 2. The summed E-state index contributed by atoms with van der Waals surface area (Å²) in [4.78, 5) is 0. The zero-order chi connectivity index (χ0) is 21.4. The Morgan fingerprint density at radius 3 is 2.17 bits per heavy atom. The minimum atomic E-state index is -4.32. The van der Waals surface area contributed by atoms with E-state index in [9.17, 15) is 13.0 Å². The van der Waals surface area contributed by atoms with E-state index in [1.807, 2.05) is 0 Å². The highest BCUT2D eigenvalue weighted by Gasteiger charge is 2.61. The molecule has 10 heteroatoms. The SMILES string of the molecule is CC(C)OP(=O)(OC(C)C)[C@]1(c2ccccc2)NS(=O)(=O)Oc2ccc(Br)cc21. The van der Waals surface area contributed by atoms with Gasteiger partial charge in [0.15, 0.2) is 5.28 Å². The largest absolute Gasteiger partial charge is 0.384 e. The summed E-state index contributed by atoms with van der Waals surface area (Å²) in [6, 6.07) is 13.4. The predicted molar refractivity (Wildman–Crippen MR) is 114 cm³/mol. The Labute approximate surface area is 179 Å². The van der Waals surface area contributed by atoms with Gasteiger partial charge in [-0.15, -0.1) is 0 Å². The molecule has 0 aromatic heterocycles. The topological polar surface area (TPSA) is 90.9 Å². The van der Waals surface area contributed by atoms with E-state index in [4.69, 9.17) is 13.2 Å². The Balaban J connectivity index is 2.45. The second kappa shape index (κ2) is 8.13. The molecule has 3 rings (SSSR count). The number of nitrogens with one attached hydrogen (secondary N) is 1. The van der Waals surface area contributed by atoms with Crippen LogP contribution in [0.3, 0.4) is 0 Å². The molecule has 0 radical (unpaired) electrons. The molecule has 0 fully saturated rings. The van der Waals surface area contributed by atoms with Gasteiger partial charge in [0.2, 0.25) is 0 Å². The first-order valence-corrected chi connectivity index (χ1v) is 12.8. The van der Waals surface area contributed by atoms with Crippen LogP contribution in [0.2, 0.25) is 0 Å². The van der Waals surface area contributed by atoms with Crippen LogP contribution >= 0.6 is 23.5 Å². The zero-order valence-corrected chi connectivity index (χ0v) is 19.8. The van der Waals surface area contributed by atoms with Crippen LogP contribution in [0.25, 0.3) is 0 Å². The Hall–Kier alpha value is -1.22. The molecule has 158 valence electrons. The molecule has 7 nitrogen and oxygen atoms in total. The van der Waals surface area contributed by atoms with E-state index in [1.54, 1.807) is 70.2 Å². The molecule has 0 spiro atoms. The van der Waals surface area contributed by atoms with Crippen molar-refractivity contribution in [2.75, 3.05) is 0 Å². The van der Waals surface area contributed by atoms with Crippen molar-refractivity contribution in [2.45, 2.75) is 45.2 Å². The minimum Gasteiger partial charge on any atom is -0.370 e. The van der Waals surface area contributed by atoms with Crippen molar-refractivity contribution in [1.29, 1.82) is 0 Å². The van der Waals surface area contributed by atoms with E-state index >= 15 is 0 Å². The molecule has 2 aromatic carbocycles. The second-order valence-electron chi connectivity index (χ2n) is 7.16. The highest BCUT2D eigenvalue weighted by atomic mass is 79.9. The predicted octanol–water partition coefficient (Wildman–Crippen LogP) is 4.92. The zero-order valence-electron chi connectivity index (χ0n) is 16.5. The Morgan fingerprint density at radius 1 is 1.03 bits per heavy atom. The summed E-state index contributed by atoms with van der Waals surface area (Å²) in [7, 11) is -8.50. The maximum Gasteiger partial charge on any atom is 0.384 e. The molecule has 0 amide bonds. The van der Waals surface area contributed by atoms with Gasteiger partial charge in [-0.05, 0) is 51.5 Å². The van der Waals surface area contributed by atoms with Crippen LogP contribution in [0.4, 0.5) is 0 Å². The third kappa shape index (κ3) is 4.31. The van der Waals surface area contributed by atoms with E-state index in [0.717, 1.165) is 0 Å². The lowest BCUT2D eigenvalue weighted by atomic mass is 9.98. The van der Waals surface area contributed by atoms with Crippen LogP contribution < -0.4 is 8.91 Å². The van der Waals surface area contributed by atoms with Crippen LogP contribution in [0.5, 0.6) is 5.75 Å². The van der Waals surface area contributed by atoms with Crippen LogP contribution in [0, 0.1) is 0 Å². The normalized spacial score (nSPS) is 21.1. The standard InChI is InChI=1S/C19H23BrNO6PS/c1-13(2)25-28(22,26-14(3)4)19(15-8-6-5-7-9-15)17-12-16(20)10-11-18(17)27-29(23,24)21-19/h5-14,21H,1-4H3/t19-/m0/s1. The molecular weight excluding hydrogens is 481 g/mol. The summed E-state index contributed by atoms with van der Waals surface area (Å²) in [5, 5.41) is -1.83. The summed E-state index contributed by atoms with van der Waals surface area (Å²) in [6.07, 6.45) is -0.994. The summed E-state index contributed by atoms with van der Waals surface area (Å²) in [5.41, 5.74) is 0.744. The monoisotopic (exact) mass is 503 g/mol. The van der Waals surface area contributed by atoms with Crippen molar-refractivity contribution in [3.05, 3.63) is 64.1 Å². The molecule has 29 heavy (non-hydrogen) atoms. The van der Waals surface area contributed by atoms with Gasteiger partial charge in [-0.3, -0.25) is 4.57 Å². The number of hydrogen-bond donors (Lipinski definition) is 1. The fourth-order valence-electron chi connectivity index (χ4n) is 3.23. The molecule has 1 N–H and O–H groups in total. The van der Waals surface area contributed by atoms with Crippen molar-refractivity contribution in [1.82, 2.24) is 4.72 Å². The molecule has 1 aliphatic heterocycles. The maximum atomic E-state index is 14.4. The fraction of sp³-hybridized carbons (Fsp3) is 0.368. The van der Waals surface area contributed by atoms with E-state index in [2.05, 4.69) is 20.7 Å². The summed E-state index contributed by atoms with van der Waals surface area (Å²) < 4.78 is 59.9. The molecule has 2 aromatic rings. The first kappa shape index (κ1) is 22.5. The lowest BCUT2D eigenvalue weighted by molar-refractivity contribution is 0.126. The van der Waals surface area contributed by atoms with E-state index in [1.165, 1.54) is 6.07 Å². The summed E-state index contributed by atoms with van der Waals surface area (Å²) in [6.45, 7) is 6.85. The highest BCUT2D eigenvalue weighted by molar-refractivity contribution is 9.10.